The van der Waals surface area contributed by atoms with E-state index in [9.17, 15) is 4.39 Å². The predicted molar refractivity (Wildman–Crippen MR) is 79.7 cm³/mol. The van der Waals surface area contributed by atoms with Gasteiger partial charge in [0.15, 0.2) is 4.77 Å². The summed E-state index contributed by atoms with van der Waals surface area (Å²) >= 11 is 5.35. The van der Waals surface area contributed by atoms with Gasteiger partial charge in [-0.3, -0.25) is 4.57 Å². The highest BCUT2D eigenvalue weighted by Crippen LogP contribution is 2.25. The smallest absolute Gasteiger partial charge is 0.182 e. The molecule has 0 radical (unpaired) electrons. The first-order valence-corrected chi connectivity index (χ1v) is 6.56. The molecular weight excluding hydrogens is 275 g/mol. The molecule has 3 aromatic rings. The van der Waals surface area contributed by atoms with E-state index >= 15 is 0 Å². The normalized spacial score (nSPS) is 10.9. The Balaban J connectivity index is 2.29. The van der Waals surface area contributed by atoms with Crippen LogP contribution < -0.4 is 4.74 Å². The van der Waals surface area contributed by atoms with E-state index in [0.29, 0.717) is 10.3 Å². The van der Waals surface area contributed by atoms with Crippen LogP contribution in [0.2, 0.25) is 0 Å². The third kappa shape index (κ3) is 2.00. The number of nitrogens with zero attached hydrogens (tertiary/aromatic N) is 1. The molecule has 1 aromatic heterocycles. The number of nitrogens with one attached hydrogen (secondary N) is 1. The summed E-state index contributed by atoms with van der Waals surface area (Å²) in [5, 5.41) is 0. The minimum absolute atomic E-state index is 0.285. The Kier molecular flexibility index (Phi) is 3.06. The zero-order valence-corrected chi connectivity index (χ0v) is 11.9. The second-order valence-electron chi connectivity index (χ2n) is 4.58. The molecule has 0 aliphatic heterocycles. The first-order valence-electron chi connectivity index (χ1n) is 6.15. The highest BCUT2D eigenvalue weighted by Gasteiger charge is 2.10. The monoisotopic (exact) mass is 288 g/mol. The molecule has 0 saturated carbocycles. The lowest BCUT2D eigenvalue weighted by Crippen LogP contribution is -1.97. The van der Waals surface area contributed by atoms with Crippen molar-refractivity contribution >= 4 is 23.3 Å². The van der Waals surface area contributed by atoms with Crippen molar-refractivity contribution in [1.29, 1.82) is 0 Å². The summed E-state index contributed by atoms with van der Waals surface area (Å²) in [6.45, 7) is 1.99. The first-order chi connectivity index (χ1) is 9.60. The zero-order chi connectivity index (χ0) is 14.3. The number of ether oxygens (including phenoxy) is 1. The maximum atomic E-state index is 13.3. The Hall–Kier alpha value is -2.14. The number of H-pyrrole nitrogens is 1. The fraction of sp³-hybridized carbons (Fsp3) is 0.133. The number of rotatable bonds is 2. The van der Waals surface area contributed by atoms with Gasteiger partial charge in [-0.15, -0.1) is 0 Å². The molecule has 0 unspecified atom stereocenters. The third-order valence-corrected chi connectivity index (χ3v) is 3.57. The summed E-state index contributed by atoms with van der Waals surface area (Å²) in [7, 11) is 1.63. The molecule has 20 heavy (non-hydrogen) atoms. The van der Waals surface area contributed by atoms with Crippen molar-refractivity contribution in [3.8, 4) is 11.4 Å². The molecule has 0 aliphatic rings. The summed E-state index contributed by atoms with van der Waals surface area (Å²) in [6, 6.07) is 10.4. The van der Waals surface area contributed by atoms with Crippen LogP contribution in [0.4, 0.5) is 4.39 Å². The molecule has 0 bridgehead atoms. The average molecular weight is 288 g/mol. The predicted octanol–water partition coefficient (Wildman–Crippen LogP) is 4.14. The number of imidazole rings is 1. The van der Waals surface area contributed by atoms with Gasteiger partial charge >= 0.3 is 0 Å². The van der Waals surface area contributed by atoms with Gasteiger partial charge in [-0.05, 0) is 61.1 Å². The molecule has 1 N–H and O–H groups in total. The molecule has 0 fully saturated rings. The zero-order valence-electron chi connectivity index (χ0n) is 11.1. The molecule has 0 amide bonds. The molecule has 102 valence electrons. The van der Waals surface area contributed by atoms with E-state index in [0.717, 1.165) is 22.5 Å². The van der Waals surface area contributed by atoms with Crippen molar-refractivity contribution in [2.24, 2.45) is 0 Å². The van der Waals surface area contributed by atoms with Crippen LogP contribution >= 0.6 is 12.2 Å². The Morgan fingerprint density at radius 2 is 2.00 bits per heavy atom. The topological polar surface area (TPSA) is 29.9 Å². The van der Waals surface area contributed by atoms with Crippen molar-refractivity contribution in [3.63, 3.8) is 0 Å². The molecule has 2 aromatic carbocycles. The number of methoxy groups -OCH3 is 1. The van der Waals surface area contributed by atoms with Gasteiger partial charge in [0.05, 0.1) is 23.8 Å². The largest absolute Gasteiger partial charge is 0.497 e. The number of aryl methyl sites for hydroxylation is 1. The highest BCUT2D eigenvalue weighted by molar-refractivity contribution is 7.71. The number of aromatic amines is 1. The number of hydrogen-bond donors (Lipinski definition) is 1. The van der Waals surface area contributed by atoms with Crippen LogP contribution in [0.15, 0.2) is 36.4 Å². The van der Waals surface area contributed by atoms with Gasteiger partial charge in [0.25, 0.3) is 0 Å². The van der Waals surface area contributed by atoms with Gasteiger partial charge < -0.3 is 9.72 Å². The van der Waals surface area contributed by atoms with Crippen molar-refractivity contribution in [2.75, 3.05) is 7.11 Å². The summed E-state index contributed by atoms with van der Waals surface area (Å²) in [6.07, 6.45) is 0. The van der Waals surface area contributed by atoms with Gasteiger partial charge in [-0.25, -0.2) is 4.39 Å². The van der Waals surface area contributed by atoms with Gasteiger partial charge in [-0.2, -0.15) is 0 Å². The van der Waals surface area contributed by atoms with Gasteiger partial charge in [0.1, 0.15) is 11.6 Å². The minimum Gasteiger partial charge on any atom is -0.497 e. The average Bonchev–Trinajstić information content (AvgIpc) is 2.73. The van der Waals surface area contributed by atoms with E-state index in [1.807, 2.05) is 29.7 Å². The molecule has 0 saturated heterocycles. The molecule has 3 nitrogen and oxygen atoms in total. The molecule has 0 atom stereocenters. The van der Waals surface area contributed by atoms with Crippen molar-refractivity contribution in [3.05, 3.63) is 52.5 Å². The van der Waals surface area contributed by atoms with E-state index < -0.39 is 0 Å². The second kappa shape index (κ2) is 4.76. The van der Waals surface area contributed by atoms with Crippen molar-refractivity contribution in [2.45, 2.75) is 6.92 Å². The Bertz CT molecular complexity index is 851. The molecule has 1 heterocycles. The molecule has 0 aliphatic carbocycles. The van der Waals surface area contributed by atoms with Crippen molar-refractivity contribution in [1.82, 2.24) is 9.55 Å². The molecule has 5 heteroatoms. The van der Waals surface area contributed by atoms with Crippen LogP contribution in [0.1, 0.15) is 5.56 Å². The van der Waals surface area contributed by atoms with Crippen LogP contribution in [-0.4, -0.2) is 16.7 Å². The summed E-state index contributed by atoms with van der Waals surface area (Å²) in [4.78, 5) is 3.03. The lowest BCUT2D eigenvalue weighted by molar-refractivity contribution is 0.414. The maximum Gasteiger partial charge on any atom is 0.182 e. The second-order valence-corrected chi connectivity index (χ2v) is 4.97. The number of halogens is 1. The maximum absolute atomic E-state index is 13.3. The summed E-state index contributed by atoms with van der Waals surface area (Å²) in [5.41, 5.74) is 3.52. The lowest BCUT2D eigenvalue weighted by atomic mass is 10.2. The van der Waals surface area contributed by atoms with Crippen LogP contribution in [-0.2, 0) is 0 Å². The van der Waals surface area contributed by atoms with E-state index in [4.69, 9.17) is 17.0 Å². The number of fused-ring (bicyclic) bond motifs is 1. The standard InChI is InChI=1S/C15H13FN2OS/c1-9-7-11(19-2)4-6-13(9)18-14-5-3-10(16)8-12(14)17-15(18)20/h3-8H,1-2H3,(H,17,20). The highest BCUT2D eigenvalue weighted by atomic mass is 32.1. The fourth-order valence-electron chi connectivity index (χ4n) is 2.33. The number of benzene rings is 2. The Morgan fingerprint density at radius 1 is 1.20 bits per heavy atom. The van der Waals surface area contributed by atoms with E-state index in [1.165, 1.54) is 12.1 Å². The van der Waals surface area contributed by atoms with Crippen LogP contribution in [0.5, 0.6) is 5.75 Å². The molecular formula is C15H13FN2OS. The quantitative estimate of drug-likeness (QED) is 0.718. The SMILES string of the molecule is COc1ccc(-n2c(=S)[nH]c3cc(F)ccc32)c(C)c1. The van der Waals surface area contributed by atoms with E-state index in [2.05, 4.69) is 4.98 Å². The van der Waals surface area contributed by atoms with Crippen LogP contribution in [0.25, 0.3) is 16.7 Å². The third-order valence-electron chi connectivity index (χ3n) is 3.29. The first kappa shape index (κ1) is 12.9. The van der Waals surface area contributed by atoms with E-state index in [-0.39, 0.29) is 5.82 Å². The van der Waals surface area contributed by atoms with Crippen LogP contribution in [0, 0.1) is 17.5 Å². The molecule has 3 rings (SSSR count). The van der Waals surface area contributed by atoms with Gasteiger partial charge in [0, 0.05) is 0 Å². The fourth-order valence-corrected chi connectivity index (χ4v) is 2.64. The van der Waals surface area contributed by atoms with Crippen LogP contribution in [0.3, 0.4) is 0 Å². The van der Waals surface area contributed by atoms with E-state index in [1.54, 1.807) is 13.2 Å². The number of aromatic nitrogens is 2. The Labute approximate surface area is 120 Å². The summed E-state index contributed by atoms with van der Waals surface area (Å²) < 4.78 is 20.9. The minimum atomic E-state index is -0.285. The summed E-state index contributed by atoms with van der Waals surface area (Å²) in [5.74, 6) is 0.510. The van der Waals surface area contributed by atoms with Crippen molar-refractivity contribution < 1.29 is 9.13 Å². The Morgan fingerprint density at radius 3 is 2.70 bits per heavy atom. The van der Waals surface area contributed by atoms with Gasteiger partial charge in [0.2, 0.25) is 0 Å². The van der Waals surface area contributed by atoms with Gasteiger partial charge in [-0.1, -0.05) is 0 Å². The lowest BCUT2D eigenvalue weighted by Gasteiger charge is -2.10. The number of hydrogen-bond acceptors (Lipinski definition) is 2. The molecule has 0 spiro atoms.